The van der Waals surface area contributed by atoms with Crippen LogP contribution >= 0.6 is 11.8 Å². The maximum atomic E-state index is 11.8. The number of nitrogens with zero attached hydrogens (tertiary/aromatic N) is 1. The van der Waals surface area contributed by atoms with Gasteiger partial charge in [-0.15, -0.1) is 11.8 Å². The molecule has 0 radical (unpaired) electrons. The first kappa shape index (κ1) is 13.5. The molecule has 1 saturated heterocycles. The van der Waals surface area contributed by atoms with E-state index >= 15 is 0 Å². The molecule has 19 heavy (non-hydrogen) atoms. The Labute approximate surface area is 113 Å². The van der Waals surface area contributed by atoms with Gasteiger partial charge in [-0.3, -0.25) is 9.59 Å². The summed E-state index contributed by atoms with van der Waals surface area (Å²) in [5.74, 6) is -0.718. The van der Waals surface area contributed by atoms with Crippen molar-refractivity contribution in [2.24, 2.45) is 0 Å². The van der Waals surface area contributed by atoms with Gasteiger partial charge in [0, 0.05) is 11.9 Å². The number of aromatic nitrogens is 1. The van der Waals surface area contributed by atoms with E-state index < -0.39 is 11.9 Å². The number of aromatic carboxylic acids is 1. The van der Waals surface area contributed by atoms with E-state index in [2.05, 4.69) is 10.3 Å². The maximum Gasteiger partial charge on any atom is 0.339 e. The Morgan fingerprint density at radius 3 is 2.89 bits per heavy atom. The molecule has 7 nitrogen and oxygen atoms in total. The Morgan fingerprint density at radius 1 is 1.58 bits per heavy atom. The molecule has 0 bridgehead atoms. The summed E-state index contributed by atoms with van der Waals surface area (Å²) in [5, 5.41) is 11.5. The first-order chi connectivity index (χ1) is 8.99. The van der Waals surface area contributed by atoms with E-state index in [1.807, 2.05) is 0 Å². The molecule has 1 aromatic heterocycles. The second kappa shape index (κ2) is 5.35. The smallest absolute Gasteiger partial charge is 0.339 e. The van der Waals surface area contributed by atoms with Crippen molar-refractivity contribution in [1.82, 2.24) is 9.88 Å². The highest BCUT2D eigenvalue weighted by atomic mass is 32.2. The molecule has 1 aliphatic heterocycles. The lowest BCUT2D eigenvalue weighted by Gasteiger charge is -2.13. The minimum atomic E-state index is -1.11. The Hall–Kier alpha value is -1.96. The van der Waals surface area contributed by atoms with Crippen LogP contribution < -0.4 is 5.32 Å². The predicted octanol–water partition coefficient (Wildman–Crippen LogP) is 0.493. The molecule has 2 heterocycles. The summed E-state index contributed by atoms with van der Waals surface area (Å²) in [7, 11) is 0. The number of aromatic amines is 1. The molecule has 1 aliphatic rings. The van der Waals surface area contributed by atoms with Crippen LogP contribution in [-0.2, 0) is 9.59 Å². The minimum Gasteiger partial charge on any atom is -0.478 e. The summed E-state index contributed by atoms with van der Waals surface area (Å²) in [5.41, 5.74) is 0.723. The fourth-order valence-corrected chi connectivity index (χ4v) is 2.71. The van der Waals surface area contributed by atoms with Crippen molar-refractivity contribution in [2.45, 2.75) is 6.92 Å². The van der Waals surface area contributed by atoms with Gasteiger partial charge in [0.2, 0.25) is 11.8 Å². The summed E-state index contributed by atoms with van der Waals surface area (Å²) < 4.78 is 0. The SMILES string of the molecule is Cc1[nH]cc(NC(=O)CN2CSCC2=O)c1C(=O)O. The summed E-state index contributed by atoms with van der Waals surface area (Å²) in [6.45, 7) is 1.55. The number of hydrogen-bond acceptors (Lipinski definition) is 4. The van der Waals surface area contributed by atoms with Gasteiger partial charge in [0.05, 0.1) is 17.3 Å². The number of amides is 2. The number of carboxylic acid groups (broad SMARTS) is 1. The van der Waals surface area contributed by atoms with Crippen LogP contribution in [0.25, 0.3) is 0 Å². The normalized spacial score (nSPS) is 14.8. The third-order valence-electron chi connectivity index (χ3n) is 2.73. The van der Waals surface area contributed by atoms with Gasteiger partial charge in [0.1, 0.15) is 12.1 Å². The lowest BCUT2D eigenvalue weighted by atomic mass is 10.2. The van der Waals surface area contributed by atoms with Crippen molar-refractivity contribution in [3.05, 3.63) is 17.5 Å². The number of carbonyl (C=O) groups is 3. The van der Waals surface area contributed by atoms with E-state index in [0.717, 1.165) is 0 Å². The number of hydrogen-bond donors (Lipinski definition) is 3. The molecule has 1 aromatic rings. The quantitative estimate of drug-likeness (QED) is 0.746. The fourth-order valence-electron chi connectivity index (χ4n) is 1.80. The number of H-pyrrole nitrogens is 1. The van der Waals surface area contributed by atoms with Crippen LogP contribution in [0.5, 0.6) is 0 Å². The van der Waals surface area contributed by atoms with Crippen LogP contribution in [0.1, 0.15) is 16.1 Å². The Kier molecular flexibility index (Phi) is 3.79. The van der Waals surface area contributed by atoms with Gasteiger partial charge in [-0.1, -0.05) is 0 Å². The van der Waals surface area contributed by atoms with Crippen molar-refractivity contribution >= 4 is 35.2 Å². The van der Waals surface area contributed by atoms with Gasteiger partial charge < -0.3 is 20.3 Å². The fraction of sp³-hybridized carbons (Fsp3) is 0.364. The Balaban J connectivity index is 2.03. The van der Waals surface area contributed by atoms with Gasteiger partial charge in [-0.2, -0.15) is 0 Å². The van der Waals surface area contributed by atoms with Gasteiger partial charge in [-0.25, -0.2) is 4.79 Å². The number of nitrogens with one attached hydrogen (secondary N) is 2. The average Bonchev–Trinajstić information content (AvgIpc) is 2.86. The molecule has 1 fully saturated rings. The lowest BCUT2D eigenvalue weighted by Crippen LogP contribution is -2.34. The third kappa shape index (κ3) is 2.90. The molecule has 0 unspecified atom stereocenters. The molecule has 2 amide bonds. The topological polar surface area (TPSA) is 103 Å². The lowest BCUT2D eigenvalue weighted by molar-refractivity contribution is -0.130. The zero-order valence-electron chi connectivity index (χ0n) is 10.2. The van der Waals surface area contributed by atoms with E-state index in [1.165, 1.54) is 22.9 Å². The Bertz CT molecular complexity index is 540. The van der Waals surface area contributed by atoms with Crippen LogP contribution in [0, 0.1) is 6.92 Å². The second-order valence-electron chi connectivity index (χ2n) is 4.12. The molecular formula is C11H13N3O4S. The first-order valence-electron chi connectivity index (χ1n) is 5.55. The van der Waals surface area contributed by atoms with Crippen LogP contribution in [0.15, 0.2) is 6.20 Å². The van der Waals surface area contributed by atoms with Crippen molar-refractivity contribution in [3.63, 3.8) is 0 Å². The highest BCUT2D eigenvalue weighted by Gasteiger charge is 2.24. The molecule has 102 valence electrons. The number of rotatable bonds is 4. The third-order valence-corrected chi connectivity index (χ3v) is 3.67. The first-order valence-corrected chi connectivity index (χ1v) is 6.71. The molecule has 8 heteroatoms. The zero-order chi connectivity index (χ0) is 14.0. The van der Waals surface area contributed by atoms with Gasteiger partial charge in [0.15, 0.2) is 0 Å². The monoisotopic (exact) mass is 283 g/mol. The van der Waals surface area contributed by atoms with E-state index in [9.17, 15) is 14.4 Å². The number of thioether (sulfide) groups is 1. The standard InChI is InChI=1S/C11H13N3O4S/c1-6-10(11(17)18)7(2-12-6)13-8(15)3-14-5-19-4-9(14)16/h2,12H,3-5H2,1H3,(H,13,15)(H,17,18). The van der Waals surface area contributed by atoms with Gasteiger partial charge in [0.25, 0.3) is 0 Å². The molecule has 0 aliphatic carbocycles. The van der Waals surface area contributed by atoms with Crippen LogP contribution in [0.4, 0.5) is 5.69 Å². The largest absolute Gasteiger partial charge is 0.478 e. The summed E-state index contributed by atoms with van der Waals surface area (Å²) in [6, 6.07) is 0. The minimum absolute atomic E-state index is 0.0375. The van der Waals surface area contributed by atoms with Crippen LogP contribution in [0.2, 0.25) is 0 Å². The number of carbonyl (C=O) groups excluding carboxylic acids is 2. The highest BCUT2D eigenvalue weighted by Crippen LogP contribution is 2.19. The Morgan fingerprint density at radius 2 is 2.32 bits per heavy atom. The number of carboxylic acids is 1. The van der Waals surface area contributed by atoms with Crippen LogP contribution in [-0.4, -0.2) is 50.9 Å². The van der Waals surface area contributed by atoms with Crippen molar-refractivity contribution < 1.29 is 19.5 Å². The van der Waals surface area contributed by atoms with E-state index in [-0.39, 0.29) is 23.7 Å². The highest BCUT2D eigenvalue weighted by molar-refractivity contribution is 8.00. The zero-order valence-corrected chi connectivity index (χ0v) is 11.0. The van der Waals surface area contributed by atoms with Gasteiger partial charge in [-0.05, 0) is 6.92 Å². The maximum absolute atomic E-state index is 11.8. The van der Waals surface area contributed by atoms with E-state index in [1.54, 1.807) is 6.92 Å². The predicted molar refractivity (Wildman–Crippen MR) is 70.2 cm³/mol. The molecule has 3 N–H and O–H groups in total. The number of anilines is 1. The molecule has 0 atom stereocenters. The van der Waals surface area contributed by atoms with E-state index in [0.29, 0.717) is 17.3 Å². The summed E-state index contributed by atoms with van der Waals surface area (Å²) >= 11 is 1.45. The van der Waals surface area contributed by atoms with Crippen LogP contribution in [0.3, 0.4) is 0 Å². The second-order valence-corrected chi connectivity index (χ2v) is 5.08. The van der Waals surface area contributed by atoms with Crippen molar-refractivity contribution in [3.8, 4) is 0 Å². The molecule has 0 aromatic carbocycles. The number of aryl methyl sites for hydroxylation is 1. The summed E-state index contributed by atoms with van der Waals surface area (Å²) in [6.07, 6.45) is 1.43. The summed E-state index contributed by atoms with van der Waals surface area (Å²) in [4.78, 5) is 38.4. The van der Waals surface area contributed by atoms with E-state index in [4.69, 9.17) is 5.11 Å². The average molecular weight is 283 g/mol. The van der Waals surface area contributed by atoms with Crippen molar-refractivity contribution in [2.75, 3.05) is 23.5 Å². The molecule has 0 spiro atoms. The molecular weight excluding hydrogens is 270 g/mol. The van der Waals surface area contributed by atoms with Crippen molar-refractivity contribution in [1.29, 1.82) is 0 Å². The molecule has 0 saturated carbocycles. The van der Waals surface area contributed by atoms with Gasteiger partial charge >= 0.3 is 5.97 Å². The molecule has 2 rings (SSSR count).